The fourth-order valence-electron chi connectivity index (χ4n) is 3.34. The maximum Gasteiger partial charge on any atom is 0.253 e. The van der Waals surface area contributed by atoms with Crippen LogP contribution in [0.4, 0.5) is 0 Å². The molecule has 0 atom stereocenters. The zero-order chi connectivity index (χ0) is 18.8. The van der Waals surface area contributed by atoms with Gasteiger partial charge in [0, 0.05) is 35.1 Å². The first-order valence-electron chi connectivity index (χ1n) is 8.94. The molecule has 1 amide bonds. The Hall–Kier alpha value is -3.34. The number of methoxy groups -OCH3 is 1. The number of para-hydroxylation sites is 1. The highest BCUT2D eigenvalue weighted by molar-refractivity contribution is 5.98. The van der Waals surface area contributed by atoms with Gasteiger partial charge in [0.15, 0.2) is 0 Å². The monoisotopic (exact) mass is 359 g/mol. The van der Waals surface area contributed by atoms with Crippen molar-refractivity contribution in [2.24, 2.45) is 0 Å². The molecule has 2 N–H and O–H groups in total. The normalized spacial score (nSPS) is 11.0. The number of H-pyrrole nitrogens is 1. The molecule has 0 radical (unpaired) electrons. The zero-order valence-electron chi connectivity index (χ0n) is 15.4. The maximum absolute atomic E-state index is 12.6. The van der Waals surface area contributed by atoms with Gasteiger partial charge in [0.1, 0.15) is 5.75 Å². The van der Waals surface area contributed by atoms with Gasteiger partial charge in [-0.15, -0.1) is 0 Å². The zero-order valence-corrected chi connectivity index (χ0v) is 15.4. The molecule has 5 nitrogen and oxygen atoms in total. The van der Waals surface area contributed by atoms with Crippen molar-refractivity contribution in [1.29, 1.82) is 0 Å². The summed E-state index contributed by atoms with van der Waals surface area (Å²) < 4.78 is 5.24. The molecule has 5 heteroatoms. The van der Waals surface area contributed by atoms with Crippen molar-refractivity contribution in [2.75, 3.05) is 13.7 Å². The van der Waals surface area contributed by atoms with Crippen LogP contribution in [-0.2, 0) is 6.42 Å². The summed E-state index contributed by atoms with van der Waals surface area (Å²) in [4.78, 5) is 20.5. The smallest absolute Gasteiger partial charge is 0.253 e. The molecule has 0 spiro atoms. The number of ether oxygens (including phenoxy) is 1. The number of amides is 1. The molecule has 0 unspecified atom stereocenters. The quantitative estimate of drug-likeness (QED) is 0.566. The van der Waals surface area contributed by atoms with E-state index in [0.29, 0.717) is 17.8 Å². The van der Waals surface area contributed by atoms with E-state index in [1.165, 1.54) is 10.9 Å². The summed E-state index contributed by atoms with van der Waals surface area (Å²) in [7, 11) is 1.63. The molecule has 2 aromatic carbocycles. The first-order valence-corrected chi connectivity index (χ1v) is 8.94. The van der Waals surface area contributed by atoms with Gasteiger partial charge in [-0.25, -0.2) is 0 Å². The van der Waals surface area contributed by atoms with Crippen molar-refractivity contribution in [3.63, 3.8) is 0 Å². The number of nitrogens with one attached hydrogen (secondary N) is 2. The highest BCUT2D eigenvalue weighted by atomic mass is 16.5. The number of hydrogen-bond acceptors (Lipinski definition) is 3. The summed E-state index contributed by atoms with van der Waals surface area (Å²) in [6.07, 6.45) is 2.78. The number of carbonyl (C=O) groups is 1. The number of fused-ring (bicyclic) bond motifs is 2. The Labute approximate surface area is 157 Å². The van der Waals surface area contributed by atoms with E-state index in [9.17, 15) is 4.79 Å². The minimum atomic E-state index is -0.0995. The van der Waals surface area contributed by atoms with Gasteiger partial charge in [-0.3, -0.25) is 9.78 Å². The SMILES string of the molecule is COc1ccc2cc(C(=O)NCCc3c[nH]c4ccccc34)c(C)nc2c1. The average molecular weight is 359 g/mol. The lowest BCUT2D eigenvalue weighted by Gasteiger charge is -2.09. The summed E-state index contributed by atoms with van der Waals surface area (Å²) in [6, 6.07) is 15.7. The molecule has 136 valence electrons. The number of hydrogen-bond donors (Lipinski definition) is 2. The molecular formula is C22H21N3O2. The van der Waals surface area contributed by atoms with Crippen LogP contribution in [0.1, 0.15) is 21.6 Å². The van der Waals surface area contributed by atoms with Crippen LogP contribution in [0.5, 0.6) is 5.75 Å². The van der Waals surface area contributed by atoms with Crippen LogP contribution in [0.25, 0.3) is 21.8 Å². The maximum atomic E-state index is 12.6. The van der Waals surface area contributed by atoms with Crippen molar-refractivity contribution >= 4 is 27.7 Å². The van der Waals surface area contributed by atoms with E-state index in [1.807, 2.05) is 49.5 Å². The molecule has 4 rings (SSSR count). The van der Waals surface area contributed by atoms with E-state index in [4.69, 9.17) is 4.74 Å². The Morgan fingerprint density at radius 3 is 2.89 bits per heavy atom. The summed E-state index contributed by atoms with van der Waals surface area (Å²) in [5.41, 5.74) is 4.45. The van der Waals surface area contributed by atoms with Crippen LogP contribution in [0.2, 0.25) is 0 Å². The predicted octanol–water partition coefficient (Wildman–Crippen LogP) is 4.01. The number of pyridine rings is 1. The van der Waals surface area contributed by atoms with Gasteiger partial charge in [-0.2, -0.15) is 0 Å². The van der Waals surface area contributed by atoms with E-state index in [2.05, 4.69) is 27.4 Å². The minimum Gasteiger partial charge on any atom is -0.497 e. The molecular weight excluding hydrogens is 338 g/mol. The molecule has 0 fully saturated rings. The first kappa shape index (κ1) is 17.1. The van der Waals surface area contributed by atoms with Crippen molar-refractivity contribution in [2.45, 2.75) is 13.3 Å². The summed E-state index contributed by atoms with van der Waals surface area (Å²) >= 11 is 0. The van der Waals surface area contributed by atoms with E-state index in [1.54, 1.807) is 7.11 Å². The van der Waals surface area contributed by atoms with Gasteiger partial charge in [0.05, 0.1) is 23.9 Å². The van der Waals surface area contributed by atoms with Crippen LogP contribution in [0, 0.1) is 6.92 Å². The molecule has 0 bridgehead atoms. The number of nitrogens with zero attached hydrogens (tertiary/aromatic N) is 1. The van der Waals surface area contributed by atoms with E-state index >= 15 is 0 Å². The van der Waals surface area contributed by atoms with Gasteiger partial charge in [0.2, 0.25) is 0 Å². The average Bonchev–Trinajstić information content (AvgIpc) is 3.10. The number of aromatic amines is 1. The van der Waals surface area contributed by atoms with Crippen LogP contribution in [0.3, 0.4) is 0 Å². The van der Waals surface area contributed by atoms with Crippen molar-refractivity contribution in [3.05, 3.63) is 71.5 Å². The topological polar surface area (TPSA) is 67.0 Å². The van der Waals surface area contributed by atoms with E-state index in [0.717, 1.165) is 28.6 Å². The summed E-state index contributed by atoms with van der Waals surface area (Å²) in [6.45, 7) is 2.42. The second-order valence-electron chi connectivity index (χ2n) is 6.55. The van der Waals surface area contributed by atoms with Crippen LogP contribution in [0.15, 0.2) is 54.7 Å². The minimum absolute atomic E-state index is 0.0995. The molecule has 0 saturated heterocycles. The van der Waals surface area contributed by atoms with Crippen LogP contribution in [-0.4, -0.2) is 29.5 Å². The Kier molecular flexibility index (Phi) is 4.50. The van der Waals surface area contributed by atoms with Crippen LogP contribution < -0.4 is 10.1 Å². The molecule has 0 aliphatic rings. The second kappa shape index (κ2) is 7.11. The Morgan fingerprint density at radius 2 is 2.04 bits per heavy atom. The lowest BCUT2D eigenvalue weighted by Crippen LogP contribution is -2.26. The van der Waals surface area contributed by atoms with Crippen molar-refractivity contribution in [3.8, 4) is 5.75 Å². The van der Waals surface area contributed by atoms with Crippen LogP contribution >= 0.6 is 0 Å². The lowest BCUT2D eigenvalue weighted by molar-refractivity contribution is 0.0953. The Balaban J connectivity index is 1.48. The third-order valence-corrected chi connectivity index (χ3v) is 4.81. The number of rotatable bonds is 5. The first-order chi connectivity index (χ1) is 13.2. The summed E-state index contributed by atoms with van der Waals surface area (Å²) in [5, 5.41) is 5.13. The Bertz CT molecular complexity index is 1130. The third-order valence-electron chi connectivity index (χ3n) is 4.81. The molecule has 0 saturated carbocycles. The molecule has 0 aliphatic heterocycles. The van der Waals surface area contributed by atoms with E-state index in [-0.39, 0.29) is 5.91 Å². The van der Waals surface area contributed by atoms with Gasteiger partial charge in [0.25, 0.3) is 5.91 Å². The molecule has 27 heavy (non-hydrogen) atoms. The number of benzene rings is 2. The predicted molar refractivity (Wildman–Crippen MR) is 107 cm³/mol. The standard InChI is InChI=1S/C22H21N3O2/c1-14-19(11-15-7-8-17(27-2)12-21(15)25-14)22(26)23-10-9-16-13-24-20-6-4-3-5-18(16)20/h3-8,11-13,24H,9-10H2,1-2H3,(H,23,26). The van der Waals surface area contributed by atoms with Gasteiger partial charge >= 0.3 is 0 Å². The molecule has 2 aromatic heterocycles. The van der Waals surface area contributed by atoms with E-state index < -0.39 is 0 Å². The molecule has 0 aliphatic carbocycles. The van der Waals surface area contributed by atoms with Crippen molar-refractivity contribution in [1.82, 2.24) is 15.3 Å². The van der Waals surface area contributed by atoms with Gasteiger partial charge < -0.3 is 15.0 Å². The molecule has 2 heterocycles. The largest absolute Gasteiger partial charge is 0.497 e. The second-order valence-corrected chi connectivity index (χ2v) is 6.55. The highest BCUT2D eigenvalue weighted by Gasteiger charge is 2.12. The number of aromatic nitrogens is 2. The van der Waals surface area contributed by atoms with Crippen molar-refractivity contribution < 1.29 is 9.53 Å². The lowest BCUT2D eigenvalue weighted by atomic mass is 10.1. The van der Waals surface area contributed by atoms with Gasteiger partial charge in [-0.05, 0) is 43.2 Å². The fraction of sp³-hybridized carbons (Fsp3) is 0.182. The number of carbonyl (C=O) groups excluding carboxylic acids is 1. The third kappa shape index (κ3) is 3.36. The van der Waals surface area contributed by atoms with Gasteiger partial charge in [-0.1, -0.05) is 18.2 Å². The molecule has 4 aromatic rings. The Morgan fingerprint density at radius 1 is 1.19 bits per heavy atom. The number of aryl methyl sites for hydroxylation is 1. The highest BCUT2D eigenvalue weighted by Crippen LogP contribution is 2.22. The fourth-order valence-corrected chi connectivity index (χ4v) is 3.34. The summed E-state index contributed by atoms with van der Waals surface area (Å²) in [5.74, 6) is 0.655.